The average Bonchev–Trinajstić information content (AvgIpc) is 2.44. The molecule has 0 aromatic heterocycles. The molecule has 0 atom stereocenters. The maximum atomic E-state index is 11.0. The van der Waals surface area contributed by atoms with E-state index in [1.807, 2.05) is 12.1 Å². The highest BCUT2D eigenvalue weighted by molar-refractivity contribution is 7.80. The number of aryl methyl sites for hydroxylation is 1. The molecular formula is C10H11NOS. The molecule has 0 fully saturated rings. The summed E-state index contributed by atoms with van der Waals surface area (Å²) in [5, 5.41) is 2.81. The molecule has 1 heterocycles. The molecule has 0 radical (unpaired) electrons. The minimum absolute atomic E-state index is 0.0954. The lowest BCUT2D eigenvalue weighted by Gasteiger charge is -2.01. The van der Waals surface area contributed by atoms with Gasteiger partial charge in [-0.05, 0) is 29.4 Å². The number of rotatable bonds is 2. The van der Waals surface area contributed by atoms with Gasteiger partial charge in [0.25, 0.3) is 0 Å². The van der Waals surface area contributed by atoms with Crippen LogP contribution in [0.1, 0.15) is 11.1 Å². The number of nitrogens with one attached hydrogen (secondary N) is 1. The van der Waals surface area contributed by atoms with Gasteiger partial charge in [-0.3, -0.25) is 4.79 Å². The fourth-order valence-electron chi connectivity index (χ4n) is 1.57. The summed E-state index contributed by atoms with van der Waals surface area (Å²) in [6.45, 7) is 0. The quantitative estimate of drug-likeness (QED) is 0.687. The largest absolute Gasteiger partial charge is 0.326 e. The fraction of sp³-hybridized carbons (Fsp3) is 0.300. The normalized spacial score (nSPS) is 14.1. The van der Waals surface area contributed by atoms with Crippen molar-refractivity contribution in [2.45, 2.75) is 12.8 Å². The molecular weight excluding hydrogens is 182 g/mol. The van der Waals surface area contributed by atoms with Crippen LogP contribution >= 0.6 is 12.6 Å². The van der Waals surface area contributed by atoms with Crippen molar-refractivity contribution in [3.8, 4) is 0 Å². The Kier molecular flexibility index (Phi) is 2.27. The smallest absolute Gasteiger partial charge is 0.228 e. The molecule has 0 saturated heterocycles. The highest BCUT2D eigenvalue weighted by Crippen LogP contribution is 2.23. The summed E-state index contributed by atoms with van der Waals surface area (Å²) < 4.78 is 0. The van der Waals surface area contributed by atoms with Crippen molar-refractivity contribution in [3.63, 3.8) is 0 Å². The maximum Gasteiger partial charge on any atom is 0.228 e. The lowest BCUT2D eigenvalue weighted by molar-refractivity contribution is -0.115. The predicted molar refractivity (Wildman–Crippen MR) is 56.3 cm³/mol. The van der Waals surface area contributed by atoms with Gasteiger partial charge in [0.1, 0.15) is 0 Å². The van der Waals surface area contributed by atoms with Crippen LogP contribution in [0.25, 0.3) is 0 Å². The Bertz CT molecular complexity index is 349. The molecule has 0 spiro atoms. The van der Waals surface area contributed by atoms with E-state index in [1.54, 1.807) is 0 Å². The molecule has 1 aromatic rings. The Balaban J connectivity index is 2.29. The summed E-state index contributed by atoms with van der Waals surface area (Å²) in [5.41, 5.74) is 3.34. The van der Waals surface area contributed by atoms with E-state index in [1.165, 1.54) is 5.56 Å². The van der Waals surface area contributed by atoms with Crippen molar-refractivity contribution in [2.75, 3.05) is 11.1 Å². The highest BCUT2D eigenvalue weighted by Gasteiger charge is 2.16. The van der Waals surface area contributed by atoms with Crippen molar-refractivity contribution in [1.82, 2.24) is 0 Å². The predicted octanol–water partition coefficient (Wildman–Crippen LogP) is 1.65. The number of benzene rings is 1. The molecule has 2 nitrogen and oxygen atoms in total. The summed E-state index contributed by atoms with van der Waals surface area (Å²) in [5.74, 6) is 0.943. The van der Waals surface area contributed by atoms with Crippen molar-refractivity contribution in [3.05, 3.63) is 29.3 Å². The standard InChI is InChI=1S/C10H11NOS/c12-10-6-8-5-7(3-4-13)1-2-9(8)11-10/h1-2,5,13H,3-4,6H2,(H,11,12). The van der Waals surface area contributed by atoms with Gasteiger partial charge in [-0.25, -0.2) is 0 Å². The van der Waals surface area contributed by atoms with E-state index in [-0.39, 0.29) is 5.91 Å². The van der Waals surface area contributed by atoms with Gasteiger partial charge in [-0.15, -0.1) is 0 Å². The van der Waals surface area contributed by atoms with E-state index in [0.29, 0.717) is 6.42 Å². The Morgan fingerprint density at radius 1 is 1.46 bits per heavy atom. The van der Waals surface area contributed by atoms with Crippen molar-refractivity contribution < 1.29 is 4.79 Å². The molecule has 1 aromatic carbocycles. The van der Waals surface area contributed by atoms with Crippen LogP contribution in [0.2, 0.25) is 0 Å². The van der Waals surface area contributed by atoms with E-state index < -0.39 is 0 Å². The minimum atomic E-state index is 0.0954. The molecule has 1 N–H and O–H groups in total. The third kappa shape index (κ3) is 1.70. The lowest BCUT2D eigenvalue weighted by Crippen LogP contribution is -2.03. The second-order valence-electron chi connectivity index (χ2n) is 3.19. The van der Waals surface area contributed by atoms with Gasteiger partial charge in [-0.1, -0.05) is 12.1 Å². The summed E-state index contributed by atoms with van der Waals surface area (Å²) in [4.78, 5) is 11.0. The molecule has 3 heteroatoms. The Hall–Kier alpha value is -0.960. The van der Waals surface area contributed by atoms with Crippen LogP contribution < -0.4 is 5.32 Å². The fourth-order valence-corrected chi connectivity index (χ4v) is 1.83. The molecule has 1 aliphatic rings. The zero-order valence-corrected chi connectivity index (χ0v) is 8.10. The van der Waals surface area contributed by atoms with Gasteiger partial charge in [0.15, 0.2) is 0 Å². The van der Waals surface area contributed by atoms with E-state index in [4.69, 9.17) is 0 Å². The number of hydrogen-bond acceptors (Lipinski definition) is 2. The van der Waals surface area contributed by atoms with Crippen molar-refractivity contribution in [2.24, 2.45) is 0 Å². The third-order valence-electron chi connectivity index (χ3n) is 2.20. The zero-order chi connectivity index (χ0) is 9.26. The summed E-state index contributed by atoms with van der Waals surface area (Å²) >= 11 is 4.17. The van der Waals surface area contributed by atoms with Gasteiger partial charge in [0, 0.05) is 5.69 Å². The molecule has 1 amide bonds. The van der Waals surface area contributed by atoms with Crippen LogP contribution in [-0.4, -0.2) is 11.7 Å². The second-order valence-corrected chi connectivity index (χ2v) is 3.64. The molecule has 0 saturated carbocycles. The lowest BCUT2D eigenvalue weighted by atomic mass is 10.1. The minimum Gasteiger partial charge on any atom is -0.326 e. The van der Waals surface area contributed by atoms with Crippen LogP contribution in [0.3, 0.4) is 0 Å². The van der Waals surface area contributed by atoms with Gasteiger partial charge >= 0.3 is 0 Å². The monoisotopic (exact) mass is 193 g/mol. The first-order chi connectivity index (χ1) is 6.29. The summed E-state index contributed by atoms with van der Waals surface area (Å²) in [6.07, 6.45) is 1.49. The number of carbonyl (C=O) groups is 1. The Labute approximate surface area is 82.8 Å². The molecule has 1 aliphatic heterocycles. The van der Waals surface area contributed by atoms with E-state index in [2.05, 4.69) is 24.0 Å². The molecule has 0 aliphatic carbocycles. The molecule has 0 unspecified atom stereocenters. The first-order valence-corrected chi connectivity index (χ1v) is 4.95. The first kappa shape index (κ1) is 8.63. The maximum absolute atomic E-state index is 11.0. The van der Waals surface area contributed by atoms with Gasteiger partial charge < -0.3 is 5.32 Å². The topological polar surface area (TPSA) is 29.1 Å². The number of fused-ring (bicyclic) bond motifs is 1. The zero-order valence-electron chi connectivity index (χ0n) is 7.21. The molecule has 2 rings (SSSR count). The van der Waals surface area contributed by atoms with Crippen LogP contribution in [0, 0.1) is 0 Å². The Morgan fingerprint density at radius 3 is 3.08 bits per heavy atom. The van der Waals surface area contributed by atoms with E-state index in [9.17, 15) is 4.79 Å². The average molecular weight is 193 g/mol. The number of amides is 1. The Morgan fingerprint density at radius 2 is 2.31 bits per heavy atom. The van der Waals surface area contributed by atoms with Gasteiger partial charge in [-0.2, -0.15) is 12.6 Å². The number of anilines is 1. The summed E-state index contributed by atoms with van der Waals surface area (Å²) in [6, 6.07) is 6.10. The number of carbonyl (C=O) groups excluding carboxylic acids is 1. The number of hydrogen-bond donors (Lipinski definition) is 2. The SMILES string of the molecule is O=C1Cc2cc(CCS)ccc2N1. The van der Waals surface area contributed by atoms with E-state index >= 15 is 0 Å². The number of thiol groups is 1. The van der Waals surface area contributed by atoms with E-state index in [0.717, 1.165) is 23.4 Å². The van der Waals surface area contributed by atoms with Crippen LogP contribution in [-0.2, 0) is 17.6 Å². The highest BCUT2D eigenvalue weighted by atomic mass is 32.1. The van der Waals surface area contributed by atoms with Crippen molar-refractivity contribution >= 4 is 24.2 Å². The van der Waals surface area contributed by atoms with Crippen LogP contribution in [0.15, 0.2) is 18.2 Å². The first-order valence-electron chi connectivity index (χ1n) is 4.32. The summed E-state index contributed by atoms with van der Waals surface area (Å²) in [7, 11) is 0. The van der Waals surface area contributed by atoms with Crippen LogP contribution in [0.5, 0.6) is 0 Å². The molecule has 68 valence electrons. The molecule has 13 heavy (non-hydrogen) atoms. The second kappa shape index (κ2) is 3.42. The third-order valence-corrected chi connectivity index (χ3v) is 2.42. The van der Waals surface area contributed by atoms with Crippen molar-refractivity contribution in [1.29, 1.82) is 0 Å². The molecule has 0 bridgehead atoms. The van der Waals surface area contributed by atoms with Gasteiger partial charge in [0.05, 0.1) is 6.42 Å². The van der Waals surface area contributed by atoms with Crippen LogP contribution in [0.4, 0.5) is 5.69 Å². The van der Waals surface area contributed by atoms with Gasteiger partial charge in [0.2, 0.25) is 5.91 Å².